The Bertz CT molecular complexity index is 982. The predicted octanol–water partition coefficient (Wildman–Crippen LogP) is 2.83. The van der Waals surface area contributed by atoms with E-state index in [1.54, 1.807) is 48.5 Å². The summed E-state index contributed by atoms with van der Waals surface area (Å²) in [7, 11) is -2.23. The van der Waals surface area contributed by atoms with E-state index in [4.69, 9.17) is 11.6 Å². The van der Waals surface area contributed by atoms with Crippen LogP contribution in [-0.2, 0) is 26.2 Å². The molecule has 0 bridgehead atoms. The van der Waals surface area contributed by atoms with Crippen molar-refractivity contribution in [3.63, 3.8) is 0 Å². The summed E-state index contributed by atoms with van der Waals surface area (Å²) in [4.78, 5) is 27.8. The number of nitrogens with one attached hydrogen (secondary N) is 1. The van der Waals surface area contributed by atoms with Crippen molar-refractivity contribution in [2.75, 3.05) is 26.4 Å². The van der Waals surface area contributed by atoms with Crippen molar-refractivity contribution in [3.05, 3.63) is 70.7 Å². The minimum atomic E-state index is -3.57. The molecule has 1 N–H and O–H groups in total. The van der Waals surface area contributed by atoms with Crippen LogP contribution in [0.15, 0.2) is 54.6 Å². The summed E-state index contributed by atoms with van der Waals surface area (Å²) in [6, 6.07) is 15.0. The Hall–Kier alpha value is -2.42. The Morgan fingerprint density at radius 2 is 1.68 bits per heavy atom. The zero-order valence-electron chi connectivity index (χ0n) is 17.9. The minimum Gasteiger partial charge on any atom is -0.354 e. The standard InChI is InChI=1S/C22H28ClN3O4S/c1-4-14-24-22(28)21(18-8-6-5-7-9-18)26(15-17-10-12-19(23)13-11-17)20(27)16-25(2)31(3,29)30/h5-13,21H,4,14-16H2,1-3H3,(H,24,28)/t21-/m0/s1. The van der Waals surface area contributed by atoms with Gasteiger partial charge in [-0.1, -0.05) is 61.0 Å². The molecule has 0 radical (unpaired) electrons. The zero-order valence-corrected chi connectivity index (χ0v) is 19.5. The van der Waals surface area contributed by atoms with Gasteiger partial charge in [0.25, 0.3) is 0 Å². The van der Waals surface area contributed by atoms with Crippen LogP contribution >= 0.6 is 11.6 Å². The van der Waals surface area contributed by atoms with Gasteiger partial charge in [-0.3, -0.25) is 9.59 Å². The van der Waals surface area contributed by atoms with E-state index in [1.807, 2.05) is 13.0 Å². The lowest BCUT2D eigenvalue weighted by Crippen LogP contribution is -2.47. The van der Waals surface area contributed by atoms with Crippen LogP contribution in [0.3, 0.4) is 0 Å². The Balaban J connectivity index is 2.47. The van der Waals surface area contributed by atoms with Gasteiger partial charge in [0.15, 0.2) is 0 Å². The molecule has 0 heterocycles. The zero-order chi connectivity index (χ0) is 23.0. The first-order chi connectivity index (χ1) is 14.6. The largest absolute Gasteiger partial charge is 0.354 e. The van der Waals surface area contributed by atoms with E-state index in [-0.39, 0.29) is 19.0 Å². The fourth-order valence-corrected chi connectivity index (χ4v) is 3.43. The van der Waals surface area contributed by atoms with Crippen LogP contribution in [0.2, 0.25) is 5.02 Å². The molecule has 0 aliphatic carbocycles. The molecule has 0 spiro atoms. The molecule has 0 unspecified atom stereocenters. The van der Waals surface area contributed by atoms with Crippen molar-refractivity contribution in [2.24, 2.45) is 0 Å². The third kappa shape index (κ3) is 7.34. The summed E-state index contributed by atoms with van der Waals surface area (Å²) in [5, 5.41) is 3.41. The molecule has 9 heteroatoms. The first kappa shape index (κ1) is 24.8. The van der Waals surface area contributed by atoms with Crippen LogP contribution < -0.4 is 5.32 Å². The monoisotopic (exact) mass is 465 g/mol. The summed E-state index contributed by atoms with van der Waals surface area (Å²) in [5.41, 5.74) is 1.41. The Morgan fingerprint density at radius 3 is 2.23 bits per heavy atom. The Morgan fingerprint density at radius 1 is 1.06 bits per heavy atom. The van der Waals surface area contributed by atoms with Crippen LogP contribution in [0.1, 0.15) is 30.5 Å². The van der Waals surface area contributed by atoms with Gasteiger partial charge in [0.05, 0.1) is 12.8 Å². The average molecular weight is 466 g/mol. The lowest BCUT2D eigenvalue weighted by molar-refractivity contribution is -0.141. The summed E-state index contributed by atoms with van der Waals surface area (Å²) < 4.78 is 24.7. The molecule has 168 valence electrons. The molecule has 0 fully saturated rings. The number of likely N-dealkylation sites (N-methyl/N-ethyl adjacent to an activating group) is 1. The van der Waals surface area contributed by atoms with Crippen LogP contribution in [-0.4, -0.2) is 55.8 Å². The third-order valence-electron chi connectivity index (χ3n) is 4.74. The van der Waals surface area contributed by atoms with Crippen molar-refractivity contribution in [2.45, 2.75) is 25.9 Å². The average Bonchev–Trinajstić information content (AvgIpc) is 2.73. The molecule has 0 saturated heterocycles. The first-order valence-corrected chi connectivity index (χ1v) is 12.1. The summed E-state index contributed by atoms with van der Waals surface area (Å²) in [6.07, 6.45) is 1.78. The lowest BCUT2D eigenvalue weighted by atomic mass is 10.0. The smallest absolute Gasteiger partial charge is 0.247 e. The van der Waals surface area contributed by atoms with Crippen LogP contribution in [0.4, 0.5) is 0 Å². The van der Waals surface area contributed by atoms with Gasteiger partial charge in [0.2, 0.25) is 21.8 Å². The number of hydrogen-bond acceptors (Lipinski definition) is 4. The maximum absolute atomic E-state index is 13.3. The molecular weight excluding hydrogens is 438 g/mol. The quantitative estimate of drug-likeness (QED) is 0.584. The molecule has 2 aromatic rings. The van der Waals surface area contributed by atoms with Crippen molar-refractivity contribution >= 4 is 33.4 Å². The summed E-state index contributed by atoms with van der Waals surface area (Å²) in [6.45, 7) is 2.15. The second-order valence-electron chi connectivity index (χ2n) is 7.27. The van der Waals surface area contributed by atoms with Crippen LogP contribution in [0.25, 0.3) is 0 Å². The van der Waals surface area contributed by atoms with Gasteiger partial charge < -0.3 is 10.2 Å². The highest BCUT2D eigenvalue weighted by Gasteiger charge is 2.32. The number of hydrogen-bond donors (Lipinski definition) is 1. The number of amides is 2. The van der Waals surface area contributed by atoms with E-state index in [2.05, 4.69) is 5.32 Å². The molecule has 0 aromatic heterocycles. The van der Waals surface area contributed by atoms with E-state index in [9.17, 15) is 18.0 Å². The predicted molar refractivity (Wildman–Crippen MR) is 122 cm³/mol. The molecule has 2 aromatic carbocycles. The highest BCUT2D eigenvalue weighted by Crippen LogP contribution is 2.25. The SMILES string of the molecule is CCCNC(=O)[C@H](c1ccccc1)N(Cc1ccc(Cl)cc1)C(=O)CN(C)S(C)(=O)=O. The molecule has 2 amide bonds. The number of nitrogens with zero attached hydrogens (tertiary/aromatic N) is 2. The lowest BCUT2D eigenvalue weighted by Gasteiger charge is -2.32. The minimum absolute atomic E-state index is 0.118. The van der Waals surface area contributed by atoms with Gasteiger partial charge in [0, 0.05) is 25.2 Å². The number of carbonyl (C=O) groups is 2. The van der Waals surface area contributed by atoms with E-state index in [1.165, 1.54) is 11.9 Å². The molecule has 0 saturated carbocycles. The molecule has 7 nitrogen and oxygen atoms in total. The maximum Gasteiger partial charge on any atom is 0.247 e. The van der Waals surface area contributed by atoms with Gasteiger partial charge >= 0.3 is 0 Å². The highest BCUT2D eigenvalue weighted by molar-refractivity contribution is 7.88. The third-order valence-corrected chi connectivity index (χ3v) is 6.25. The normalized spacial score (nSPS) is 12.4. The van der Waals surface area contributed by atoms with E-state index >= 15 is 0 Å². The highest BCUT2D eigenvalue weighted by atomic mass is 35.5. The molecule has 0 aliphatic heterocycles. The fraction of sp³-hybridized carbons (Fsp3) is 0.364. The number of sulfonamides is 1. The van der Waals surface area contributed by atoms with Crippen molar-refractivity contribution in [1.82, 2.24) is 14.5 Å². The van der Waals surface area contributed by atoms with Crippen molar-refractivity contribution in [3.8, 4) is 0 Å². The van der Waals surface area contributed by atoms with Crippen molar-refractivity contribution in [1.29, 1.82) is 0 Å². The van der Waals surface area contributed by atoms with Gasteiger partial charge in [-0.2, -0.15) is 4.31 Å². The fourth-order valence-electron chi connectivity index (χ4n) is 2.96. The molecule has 31 heavy (non-hydrogen) atoms. The molecular formula is C22H28ClN3O4S. The number of carbonyl (C=O) groups excluding carboxylic acids is 2. The van der Waals surface area contributed by atoms with Gasteiger partial charge in [-0.15, -0.1) is 0 Å². The maximum atomic E-state index is 13.3. The number of halogens is 1. The summed E-state index contributed by atoms with van der Waals surface area (Å²) >= 11 is 5.98. The molecule has 1 atom stereocenters. The van der Waals surface area contributed by atoms with E-state index in [0.717, 1.165) is 22.5 Å². The number of benzene rings is 2. The first-order valence-electron chi connectivity index (χ1n) is 9.91. The molecule has 0 aliphatic rings. The Kier molecular flexibility index (Phi) is 9.03. The topological polar surface area (TPSA) is 86.8 Å². The van der Waals surface area contributed by atoms with Crippen LogP contribution in [0.5, 0.6) is 0 Å². The second-order valence-corrected chi connectivity index (χ2v) is 9.80. The van der Waals surface area contributed by atoms with Crippen molar-refractivity contribution < 1.29 is 18.0 Å². The van der Waals surface area contributed by atoms with Gasteiger partial charge in [0.1, 0.15) is 6.04 Å². The van der Waals surface area contributed by atoms with Crippen LogP contribution in [0, 0.1) is 0 Å². The van der Waals surface area contributed by atoms with E-state index in [0.29, 0.717) is 17.1 Å². The molecule has 2 rings (SSSR count). The second kappa shape index (κ2) is 11.3. The van der Waals surface area contributed by atoms with Gasteiger partial charge in [-0.25, -0.2) is 8.42 Å². The van der Waals surface area contributed by atoms with Gasteiger partial charge in [-0.05, 0) is 29.7 Å². The summed E-state index contributed by atoms with van der Waals surface area (Å²) in [5.74, 6) is -0.805. The van der Waals surface area contributed by atoms with E-state index < -0.39 is 22.0 Å². The Labute approximate surface area is 189 Å². The number of rotatable bonds is 10.